The van der Waals surface area contributed by atoms with Gasteiger partial charge in [-0.05, 0) is 50.3 Å². The number of benzene rings is 2. The minimum atomic E-state index is -4.20. The van der Waals surface area contributed by atoms with Crippen LogP contribution >= 0.6 is 0 Å². The number of anilines is 1. The first-order valence-corrected chi connectivity index (χ1v) is 11.8. The van der Waals surface area contributed by atoms with E-state index in [0.717, 1.165) is 31.7 Å². The molecule has 2 N–H and O–H groups in total. The fraction of sp³-hybridized carbons (Fsp3) is 0.348. The Morgan fingerprint density at radius 1 is 1.12 bits per heavy atom. The number of methoxy groups -OCH3 is 2. The van der Waals surface area contributed by atoms with Gasteiger partial charge in [-0.1, -0.05) is 23.8 Å². The molecule has 1 amide bonds. The number of halogens is 1. The van der Waals surface area contributed by atoms with E-state index in [4.69, 9.17) is 9.47 Å². The Kier molecular flexibility index (Phi) is 7.74. The molecular weight excluding hydrogens is 435 g/mol. The minimum Gasteiger partial charge on any atom is -0.493 e. The third kappa shape index (κ3) is 5.59. The van der Waals surface area contributed by atoms with E-state index >= 15 is 0 Å². The minimum absolute atomic E-state index is 0.0124. The van der Waals surface area contributed by atoms with Gasteiger partial charge >= 0.3 is 0 Å². The summed E-state index contributed by atoms with van der Waals surface area (Å²) < 4.78 is 52.5. The van der Waals surface area contributed by atoms with E-state index in [-0.39, 0.29) is 27.6 Å². The second-order valence-electron chi connectivity index (χ2n) is 7.41. The normalized spacial score (nSPS) is 13.8. The highest BCUT2D eigenvalue weighted by Crippen LogP contribution is 2.35. The summed E-state index contributed by atoms with van der Waals surface area (Å²) in [7, 11) is -1.49. The predicted octanol–water partition coefficient (Wildman–Crippen LogP) is 4.26. The quantitative estimate of drug-likeness (QED) is 0.543. The summed E-state index contributed by atoms with van der Waals surface area (Å²) in [6.45, 7) is 0.417. The first kappa shape index (κ1) is 23.6. The summed E-state index contributed by atoms with van der Waals surface area (Å²) in [5.41, 5.74) is 1.12. The highest BCUT2D eigenvalue weighted by atomic mass is 32.2. The molecule has 0 saturated carbocycles. The van der Waals surface area contributed by atoms with Crippen LogP contribution in [0.3, 0.4) is 0 Å². The molecule has 0 unspecified atom stereocenters. The largest absolute Gasteiger partial charge is 0.493 e. The molecule has 0 aliphatic heterocycles. The lowest BCUT2D eigenvalue weighted by Crippen LogP contribution is -2.26. The van der Waals surface area contributed by atoms with E-state index in [1.807, 2.05) is 0 Å². The van der Waals surface area contributed by atoms with Crippen LogP contribution in [-0.2, 0) is 10.0 Å². The number of sulfonamides is 1. The third-order valence-corrected chi connectivity index (χ3v) is 6.59. The maximum atomic E-state index is 14.0. The van der Waals surface area contributed by atoms with Crippen molar-refractivity contribution in [3.63, 3.8) is 0 Å². The van der Waals surface area contributed by atoms with Gasteiger partial charge in [-0.3, -0.25) is 9.52 Å². The molecule has 0 heterocycles. The van der Waals surface area contributed by atoms with Crippen molar-refractivity contribution in [2.24, 2.45) is 0 Å². The van der Waals surface area contributed by atoms with Gasteiger partial charge in [0, 0.05) is 12.6 Å². The average Bonchev–Trinajstić information content (AvgIpc) is 2.80. The molecular formula is C23H27FN2O5S. The Balaban J connectivity index is 1.86. The van der Waals surface area contributed by atoms with Crippen molar-refractivity contribution in [2.75, 3.05) is 25.5 Å². The summed E-state index contributed by atoms with van der Waals surface area (Å²) in [5, 5.41) is 2.82. The van der Waals surface area contributed by atoms with Gasteiger partial charge in [-0.15, -0.1) is 0 Å². The van der Waals surface area contributed by atoms with Crippen LogP contribution in [-0.4, -0.2) is 35.1 Å². The lowest BCUT2D eigenvalue weighted by Gasteiger charge is -2.17. The van der Waals surface area contributed by atoms with E-state index in [9.17, 15) is 17.6 Å². The molecule has 0 spiro atoms. The van der Waals surface area contributed by atoms with E-state index in [1.54, 1.807) is 0 Å². The SMILES string of the molecule is COc1cc(S(=O)(=O)Nc2ccccc2F)cc(C(=O)NCCC2=CCCCC2)c1OC. The fourth-order valence-corrected chi connectivity index (χ4v) is 4.68. The lowest BCUT2D eigenvalue weighted by atomic mass is 9.97. The second-order valence-corrected chi connectivity index (χ2v) is 9.09. The van der Waals surface area contributed by atoms with Gasteiger partial charge in [0.15, 0.2) is 11.5 Å². The highest BCUT2D eigenvalue weighted by molar-refractivity contribution is 7.92. The van der Waals surface area contributed by atoms with Crippen molar-refractivity contribution in [2.45, 2.75) is 37.0 Å². The monoisotopic (exact) mass is 462 g/mol. The van der Waals surface area contributed by atoms with E-state index in [1.165, 1.54) is 56.5 Å². The van der Waals surface area contributed by atoms with Crippen molar-refractivity contribution < 1.29 is 27.1 Å². The Hall–Kier alpha value is -3.07. The Bertz CT molecular complexity index is 1120. The van der Waals surface area contributed by atoms with Crippen molar-refractivity contribution >= 4 is 21.6 Å². The van der Waals surface area contributed by atoms with Crippen LogP contribution in [0, 0.1) is 5.82 Å². The van der Waals surface area contributed by atoms with Gasteiger partial charge in [-0.2, -0.15) is 0 Å². The molecule has 32 heavy (non-hydrogen) atoms. The predicted molar refractivity (Wildman–Crippen MR) is 120 cm³/mol. The summed E-state index contributed by atoms with van der Waals surface area (Å²) >= 11 is 0. The van der Waals surface area contributed by atoms with Crippen LogP contribution in [0.5, 0.6) is 11.5 Å². The van der Waals surface area contributed by atoms with Crippen molar-refractivity contribution in [1.29, 1.82) is 0 Å². The number of carbonyl (C=O) groups is 1. The Labute approximate surface area is 187 Å². The van der Waals surface area contributed by atoms with Crippen LogP contribution in [0.15, 0.2) is 52.9 Å². The molecule has 7 nitrogen and oxygen atoms in total. The number of carbonyl (C=O) groups excluding carboxylic acids is 1. The van der Waals surface area contributed by atoms with Crippen molar-refractivity contribution in [3.05, 3.63) is 59.4 Å². The standard InChI is InChI=1S/C23H27FN2O5S/c1-30-21-15-17(32(28,29)26-20-11-7-6-10-19(20)24)14-18(22(21)31-2)23(27)25-13-12-16-8-4-3-5-9-16/h6-8,10-11,14-15,26H,3-5,9,12-13H2,1-2H3,(H,25,27). The summed E-state index contributed by atoms with van der Waals surface area (Å²) in [6, 6.07) is 7.84. The number of para-hydroxylation sites is 1. The zero-order valence-electron chi connectivity index (χ0n) is 18.1. The molecule has 0 fully saturated rings. The Morgan fingerprint density at radius 3 is 2.56 bits per heavy atom. The number of hydrogen-bond donors (Lipinski definition) is 2. The summed E-state index contributed by atoms with van der Waals surface area (Å²) in [4.78, 5) is 12.6. The number of allylic oxidation sites excluding steroid dienone is 1. The van der Waals surface area contributed by atoms with Crippen LogP contribution in [0.1, 0.15) is 42.5 Å². The zero-order chi connectivity index (χ0) is 23.1. The molecule has 2 aromatic rings. The van der Waals surface area contributed by atoms with Crippen molar-refractivity contribution in [1.82, 2.24) is 5.32 Å². The molecule has 172 valence electrons. The Morgan fingerprint density at radius 2 is 1.91 bits per heavy atom. The smallest absolute Gasteiger partial charge is 0.262 e. The lowest BCUT2D eigenvalue weighted by molar-refractivity contribution is 0.0950. The maximum absolute atomic E-state index is 14.0. The van der Waals surface area contributed by atoms with E-state index < -0.39 is 21.7 Å². The number of ether oxygens (including phenoxy) is 2. The maximum Gasteiger partial charge on any atom is 0.262 e. The van der Waals surface area contributed by atoms with Gasteiger partial charge < -0.3 is 14.8 Å². The van der Waals surface area contributed by atoms with Gasteiger partial charge in [0.1, 0.15) is 5.82 Å². The fourth-order valence-electron chi connectivity index (χ4n) is 3.57. The van der Waals surface area contributed by atoms with Gasteiger partial charge in [0.25, 0.3) is 15.9 Å². The number of nitrogens with one attached hydrogen (secondary N) is 2. The van der Waals surface area contributed by atoms with Crippen LogP contribution in [0.4, 0.5) is 10.1 Å². The molecule has 2 aromatic carbocycles. The number of rotatable bonds is 9. The first-order chi connectivity index (χ1) is 15.4. The molecule has 1 aliphatic rings. The number of amides is 1. The van der Waals surface area contributed by atoms with Gasteiger partial charge in [0.05, 0.1) is 30.4 Å². The molecule has 0 aromatic heterocycles. The van der Waals surface area contributed by atoms with Crippen LogP contribution in [0.25, 0.3) is 0 Å². The van der Waals surface area contributed by atoms with Crippen LogP contribution in [0.2, 0.25) is 0 Å². The zero-order valence-corrected chi connectivity index (χ0v) is 18.9. The number of hydrogen-bond acceptors (Lipinski definition) is 5. The molecule has 0 bridgehead atoms. The molecule has 0 atom stereocenters. The van der Waals surface area contributed by atoms with Gasteiger partial charge in [-0.25, -0.2) is 12.8 Å². The highest BCUT2D eigenvalue weighted by Gasteiger charge is 2.25. The van der Waals surface area contributed by atoms with E-state index in [0.29, 0.717) is 6.54 Å². The molecule has 0 saturated heterocycles. The summed E-state index contributed by atoms with van der Waals surface area (Å²) in [6.07, 6.45) is 7.37. The third-order valence-electron chi connectivity index (χ3n) is 5.24. The molecule has 3 rings (SSSR count). The van der Waals surface area contributed by atoms with Gasteiger partial charge in [0.2, 0.25) is 0 Å². The molecule has 9 heteroatoms. The molecule has 1 aliphatic carbocycles. The van der Waals surface area contributed by atoms with E-state index in [2.05, 4.69) is 16.1 Å². The molecule has 0 radical (unpaired) electrons. The van der Waals surface area contributed by atoms with Crippen LogP contribution < -0.4 is 19.5 Å². The first-order valence-electron chi connectivity index (χ1n) is 10.3. The summed E-state index contributed by atoms with van der Waals surface area (Å²) in [5.74, 6) is -1.01. The van der Waals surface area contributed by atoms with Crippen molar-refractivity contribution in [3.8, 4) is 11.5 Å². The average molecular weight is 463 g/mol. The second kappa shape index (κ2) is 10.5. The topological polar surface area (TPSA) is 93.7 Å².